The van der Waals surface area contributed by atoms with Gasteiger partial charge in [-0.25, -0.2) is 4.79 Å². The SMILES string of the molecule is Cc1ccc(OCC(=O)O)c2c1Cc1ccccc1[S+]2[O-]. The Labute approximate surface area is 125 Å². The Balaban J connectivity index is 2.08. The van der Waals surface area contributed by atoms with Crippen molar-refractivity contribution in [2.45, 2.75) is 23.1 Å². The molecule has 0 amide bonds. The number of aliphatic carboxylic acids is 1. The second kappa shape index (κ2) is 5.42. The van der Waals surface area contributed by atoms with Crippen molar-refractivity contribution in [2.75, 3.05) is 6.61 Å². The minimum atomic E-state index is -1.34. The predicted molar refractivity (Wildman–Crippen MR) is 78.2 cm³/mol. The van der Waals surface area contributed by atoms with Gasteiger partial charge in [0, 0.05) is 28.7 Å². The first-order valence-electron chi connectivity index (χ1n) is 6.54. The van der Waals surface area contributed by atoms with E-state index in [-0.39, 0.29) is 0 Å². The van der Waals surface area contributed by atoms with Gasteiger partial charge in [0.2, 0.25) is 4.90 Å². The van der Waals surface area contributed by atoms with E-state index >= 15 is 0 Å². The van der Waals surface area contributed by atoms with E-state index in [0.717, 1.165) is 21.6 Å². The zero-order valence-corrected chi connectivity index (χ0v) is 12.3. The van der Waals surface area contributed by atoms with E-state index in [0.29, 0.717) is 17.1 Å². The second-order valence-electron chi connectivity index (χ2n) is 4.92. The molecule has 3 rings (SSSR count). The zero-order chi connectivity index (χ0) is 15.0. The van der Waals surface area contributed by atoms with Gasteiger partial charge in [0.15, 0.2) is 17.3 Å². The van der Waals surface area contributed by atoms with E-state index in [2.05, 4.69) is 0 Å². The minimum Gasteiger partial charge on any atom is -0.606 e. The molecule has 1 heterocycles. The van der Waals surface area contributed by atoms with Gasteiger partial charge >= 0.3 is 5.97 Å². The van der Waals surface area contributed by atoms with Crippen LogP contribution in [0.1, 0.15) is 16.7 Å². The molecule has 1 aliphatic heterocycles. The van der Waals surface area contributed by atoms with Gasteiger partial charge in [-0.05, 0) is 24.6 Å². The van der Waals surface area contributed by atoms with E-state index in [1.54, 1.807) is 6.07 Å². The maximum atomic E-state index is 12.8. The summed E-state index contributed by atoms with van der Waals surface area (Å²) in [5, 5.41) is 8.76. The summed E-state index contributed by atoms with van der Waals surface area (Å²) in [6, 6.07) is 11.2. The number of carboxylic acids is 1. The smallest absolute Gasteiger partial charge is 0.341 e. The highest BCUT2D eigenvalue weighted by atomic mass is 32.2. The Morgan fingerprint density at radius 3 is 2.86 bits per heavy atom. The highest BCUT2D eigenvalue weighted by Crippen LogP contribution is 2.40. The van der Waals surface area contributed by atoms with Crippen molar-refractivity contribution < 1.29 is 19.2 Å². The molecule has 108 valence electrons. The van der Waals surface area contributed by atoms with Crippen molar-refractivity contribution >= 4 is 17.1 Å². The molecule has 21 heavy (non-hydrogen) atoms. The Morgan fingerprint density at radius 1 is 1.33 bits per heavy atom. The summed E-state index contributed by atoms with van der Waals surface area (Å²) in [7, 11) is 0. The fraction of sp³-hybridized carbons (Fsp3) is 0.188. The molecule has 1 aliphatic rings. The van der Waals surface area contributed by atoms with Crippen molar-refractivity contribution in [2.24, 2.45) is 0 Å². The quantitative estimate of drug-likeness (QED) is 0.885. The highest BCUT2D eigenvalue weighted by Gasteiger charge is 2.33. The Bertz CT molecular complexity index is 711. The number of fused-ring (bicyclic) bond motifs is 2. The topological polar surface area (TPSA) is 69.6 Å². The number of hydrogen-bond donors (Lipinski definition) is 1. The highest BCUT2D eigenvalue weighted by molar-refractivity contribution is 7.91. The van der Waals surface area contributed by atoms with Gasteiger partial charge in [0.05, 0.1) is 0 Å². The molecule has 2 aromatic rings. The van der Waals surface area contributed by atoms with Gasteiger partial charge in [-0.15, -0.1) is 0 Å². The summed E-state index contributed by atoms with van der Waals surface area (Å²) in [6.45, 7) is 1.53. The van der Waals surface area contributed by atoms with E-state index < -0.39 is 23.8 Å². The molecule has 0 aromatic heterocycles. The molecule has 2 aromatic carbocycles. The number of carboxylic acid groups (broad SMARTS) is 1. The summed E-state index contributed by atoms with van der Waals surface area (Å²) in [5.74, 6) is -0.655. The lowest BCUT2D eigenvalue weighted by atomic mass is 9.99. The van der Waals surface area contributed by atoms with E-state index in [1.807, 2.05) is 37.3 Å². The average Bonchev–Trinajstić information content (AvgIpc) is 2.47. The number of rotatable bonds is 3. The van der Waals surface area contributed by atoms with Crippen LogP contribution in [0.4, 0.5) is 0 Å². The van der Waals surface area contributed by atoms with E-state index in [4.69, 9.17) is 9.84 Å². The van der Waals surface area contributed by atoms with Crippen LogP contribution in [-0.2, 0) is 22.4 Å². The van der Waals surface area contributed by atoms with Crippen LogP contribution in [0, 0.1) is 6.92 Å². The van der Waals surface area contributed by atoms with Crippen LogP contribution in [0.3, 0.4) is 0 Å². The van der Waals surface area contributed by atoms with Gasteiger partial charge in [-0.1, -0.05) is 24.3 Å². The third-order valence-corrected chi connectivity index (χ3v) is 5.15. The minimum absolute atomic E-state index is 0.394. The molecule has 0 radical (unpaired) electrons. The van der Waals surface area contributed by atoms with Crippen LogP contribution < -0.4 is 4.74 Å². The molecule has 5 heteroatoms. The van der Waals surface area contributed by atoms with Crippen LogP contribution in [0.25, 0.3) is 0 Å². The lowest BCUT2D eigenvalue weighted by Crippen LogP contribution is -2.19. The first-order valence-corrected chi connectivity index (χ1v) is 7.69. The van der Waals surface area contributed by atoms with Crippen molar-refractivity contribution in [3.05, 3.63) is 53.1 Å². The second-order valence-corrected chi connectivity index (χ2v) is 6.31. The molecule has 0 saturated carbocycles. The lowest BCUT2D eigenvalue weighted by Gasteiger charge is -2.24. The number of carbonyl (C=O) groups is 1. The van der Waals surface area contributed by atoms with Gasteiger partial charge in [0.1, 0.15) is 0 Å². The molecule has 0 saturated heterocycles. The molecule has 0 fully saturated rings. The Morgan fingerprint density at radius 2 is 2.10 bits per heavy atom. The van der Waals surface area contributed by atoms with Crippen LogP contribution in [-0.4, -0.2) is 22.2 Å². The van der Waals surface area contributed by atoms with Gasteiger partial charge in [0.25, 0.3) is 0 Å². The number of hydrogen-bond acceptors (Lipinski definition) is 3. The molecule has 0 spiro atoms. The van der Waals surface area contributed by atoms with Crippen molar-refractivity contribution in [3.63, 3.8) is 0 Å². The number of aryl methyl sites for hydroxylation is 1. The Hall–Kier alpha value is -1.98. The van der Waals surface area contributed by atoms with Crippen molar-refractivity contribution in [3.8, 4) is 5.75 Å². The Kier molecular flexibility index (Phi) is 3.61. The van der Waals surface area contributed by atoms with Crippen LogP contribution in [0.2, 0.25) is 0 Å². The predicted octanol–water partition coefficient (Wildman–Crippen LogP) is 2.53. The summed E-state index contributed by atoms with van der Waals surface area (Å²) in [5.41, 5.74) is 3.05. The number of benzene rings is 2. The molecule has 0 bridgehead atoms. The maximum absolute atomic E-state index is 12.8. The third-order valence-electron chi connectivity index (χ3n) is 3.53. The first-order chi connectivity index (χ1) is 10.1. The number of ether oxygens (including phenoxy) is 1. The lowest BCUT2D eigenvalue weighted by molar-refractivity contribution is -0.139. The van der Waals surface area contributed by atoms with Crippen molar-refractivity contribution in [1.82, 2.24) is 0 Å². The van der Waals surface area contributed by atoms with E-state index in [1.165, 1.54) is 0 Å². The van der Waals surface area contributed by atoms with Gasteiger partial charge in [-0.2, -0.15) is 0 Å². The maximum Gasteiger partial charge on any atom is 0.341 e. The standard InChI is InChI=1S/C16H14O4S/c1-10-6-7-13(20-9-15(17)18)16-12(10)8-11-4-2-3-5-14(11)21(16)19/h2-7H,8-9H2,1H3,(H,17,18). The monoisotopic (exact) mass is 302 g/mol. The average molecular weight is 302 g/mol. The fourth-order valence-electron chi connectivity index (χ4n) is 2.51. The molecule has 0 aliphatic carbocycles. The molecule has 1 unspecified atom stereocenters. The van der Waals surface area contributed by atoms with E-state index in [9.17, 15) is 9.35 Å². The first kappa shape index (κ1) is 14.0. The molecular formula is C16H14O4S. The summed E-state index contributed by atoms with van der Waals surface area (Å²) < 4.78 is 18.1. The molecular weight excluding hydrogens is 288 g/mol. The molecule has 4 nitrogen and oxygen atoms in total. The largest absolute Gasteiger partial charge is 0.606 e. The summed E-state index contributed by atoms with van der Waals surface area (Å²) in [4.78, 5) is 12.1. The third kappa shape index (κ3) is 2.50. The van der Waals surface area contributed by atoms with Crippen molar-refractivity contribution in [1.29, 1.82) is 0 Å². The zero-order valence-electron chi connectivity index (χ0n) is 11.5. The van der Waals surface area contributed by atoms with Gasteiger partial charge in [-0.3, -0.25) is 0 Å². The van der Waals surface area contributed by atoms with Crippen LogP contribution >= 0.6 is 0 Å². The van der Waals surface area contributed by atoms with Gasteiger partial charge < -0.3 is 14.4 Å². The summed E-state index contributed by atoms with van der Waals surface area (Å²) in [6.07, 6.45) is 0.688. The normalized spacial score (nSPS) is 16.0. The summed E-state index contributed by atoms with van der Waals surface area (Å²) >= 11 is -1.34. The molecule has 1 atom stereocenters. The fourth-order valence-corrected chi connectivity index (χ4v) is 4.08. The molecule has 1 N–H and O–H groups in total. The van der Waals surface area contributed by atoms with Crippen LogP contribution in [0.15, 0.2) is 46.2 Å². The van der Waals surface area contributed by atoms with Crippen LogP contribution in [0.5, 0.6) is 5.75 Å².